The van der Waals surface area contributed by atoms with E-state index in [2.05, 4.69) is 0 Å². The van der Waals surface area contributed by atoms with Gasteiger partial charge in [-0.25, -0.2) is 8.78 Å². The molecule has 1 aromatic rings. The molecule has 0 aliphatic heterocycles. The SMILES string of the molecule is CCC(F)(F)c1cccc(CC(C)N)c1. The second-order valence-corrected chi connectivity index (χ2v) is 3.94. The molecule has 0 fully saturated rings. The first-order chi connectivity index (χ1) is 6.95. The van der Waals surface area contributed by atoms with Crippen LogP contribution in [-0.4, -0.2) is 6.04 Å². The predicted octanol–water partition coefficient (Wildman–Crippen LogP) is 3.08. The van der Waals surface area contributed by atoms with Crippen molar-refractivity contribution in [2.45, 2.75) is 38.7 Å². The van der Waals surface area contributed by atoms with Crippen LogP contribution in [0, 0.1) is 0 Å². The molecule has 0 bridgehead atoms. The number of hydrogen-bond acceptors (Lipinski definition) is 1. The molecule has 0 aliphatic rings. The van der Waals surface area contributed by atoms with E-state index in [0.29, 0.717) is 6.42 Å². The summed E-state index contributed by atoms with van der Waals surface area (Å²) in [6.07, 6.45) is 0.461. The molecule has 2 N–H and O–H groups in total. The minimum Gasteiger partial charge on any atom is -0.328 e. The largest absolute Gasteiger partial charge is 0.328 e. The number of nitrogens with two attached hydrogens (primary N) is 1. The molecular weight excluding hydrogens is 196 g/mol. The van der Waals surface area contributed by atoms with E-state index in [4.69, 9.17) is 5.73 Å². The molecule has 84 valence electrons. The molecule has 1 atom stereocenters. The van der Waals surface area contributed by atoms with Crippen LogP contribution >= 0.6 is 0 Å². The molecule has 3 heteroatoms. The van der Waals surface area contributed by atoms with Crippen molar-refractivity contribution in [3.63, 3.8) is 0 Å². The third kappa shape index (κ3) is 3.27. The molecule has 0 radical (unpaired) electrons. The third-order valence-electron chi connectivity index (χ3n) is 2.35. The highest BCUT2D eigenvalue weighted by molar-refractivity contribution is 5.27. The number of benzene rings is 1. The van der Waals surface area contributed by atoms with Crippen LogP contribution in [0.4, 0.5) is 8.78 Å². The van der Waals surface area contributed by atoms with Crippen molar-refractivity contribution in [3.05, 3.63) is 35.4 Å². The normalized spacial score (nSPS) is 13.9. The smallest absolute Gasteiger partial charge is 0.273 e. The van der Waals surface area contributed by atoms with Gasteiger partial charge in [0.25, 0.3) is 5.92 Å². The Hall–Kier alpha value is -0.960. The van der Waals surface area contributed by atoms with Crippen LogP contribution in [-0.2, 0) is 12.3 Å². The average molecular weight is 213 g/mol. The second-order valence-electron chi connectivity index (χ2n) is 3.94. The highest BCUT2D eigenvalue weighted by atomic mass is 19.3. The van der Waals surface area contributed by atoms with Crippen molar-refractivity contribution in [2.75, 3.05) is 0 Å². The summed E-state index contributed by atoms with van der Waals surface area (Å²) in [6.45, 7) is 3.35. The van der Waals surface area contributed by atoms with Gasteiger partial charge in [0, 0.05) is 18.0 Å². The van der Waals surface area contributed by atoms with Crippen LogP contribution in [0.25, 0.3) is 0 Å². The summed E-state index contributed by atoms with van der Waals surface area (Å²) in [5.41, 5.74) is 6.59. The molecule has 0 amide bonds. The summed E-state index contributed by atoms with van der Waals surface area (Å²) >= 11 is 0. The fourth-order valence-corrected chi connectivity index (χ4v) is 1.50. The van der Waals surface area contributed by atoms with Crippen molar-refractivity contribution < 1.29 is 8.78 Å². The lowest BCUT2D eigenvalue weighted by Crippen LogP contribution is -2.18. The maximum Gasteiger partial charge on any atom is 0.273 e. The lowest BCUT2D eigenvalue weighted by molar-refractivity contribution is -0.00836. The van der Waals surface area contributed by atoms with Gasteiger partial charge in [-0.2, -0.15) is 0 Å². The molecule has 0 saturated carbocycles. The zero-order valence-corrected chi connectivity index (χ0v) is 9.13. The Balaban J connectivity index is 2.92. The van der Waals surface area contributed by atoms with Crippen LogP contribution in [0.2, 0.25) is 0 Å². The number of halogens is 2. The van der Waals surface area contributed by atoms with Crippen molar-refractivity contribution >= 4 is 0 Å². The molecule has 15 heavy (non-hydrogen) atoms. The van der Waals surface area contributed by atoms with E-state index in [1.54, 1.807) is 12.1 Å². The van der Waals surface area contributed by atoms with E-state index in [0.717, 1.165) is 5.56 Å². The summed E-state index contributed by atoms with van der Waals surface area (Å²) in [6, 6.07) is 6.51. The molecule has 1 nitrogen and oxygen atoms in total. The monoisotopic (exact) mass is 213 g/mol. The van der Waals surface area contributed by atoms with Gasteiger partial charge in [-0.15, -0.1) is 0 Å². The van der Waals surface area contributed by atoms with Crippen LogP contribution in [0.3, 0.4) is 0 Å². The zero-order chi connectivity index (χ0) is 11.5. The summed E-state index contributed by atoms with van der Waals surface area (Å²) in [7, 11) is 0. The Labute approximate surface area is 89.3 Å². The molecule has 1 aromatic carbocycles. The average Bonchev–Trinajstić information content (AvgIpc) is 2.17. The van der Waals surface area contributed by atoms with E-state index in [-0.39, 0.29) is 18.0 Å². The van der Waals surface area contributed by atoms with Crippen LogP contribution in [0.1, 0.15) is 31.4 Å². The van der Waals surface area contributed by atoms with Gasteiger partial charge in [0.05, 0.1) is 0 Å². The minimum absolute atomic E-state index is 0.00417. The molecule has 0 aromatic heterocycles. The van der Waals surface area contributed by atoms with Gasteiger partial charge in [0.15, 0.2) is 0 Å². The summed E-state index contributed by atoms with van der Waals surface area (Å²) in [5.74, 6) is -2.73. The van der Waals surface area contributed by atoms with Gasteiger partial charge in [-0.05, 0) is 25.0 Å². The van der Waals surface area contributed by atoms with E-state index in [1.165, 1.54) is 13.0 Å². The Kier molecular flexibility index (Phi) is 3.80. The molecular formula is C12H17F2N. The first kappa shape index (κ1) is 12.1. The van der Waals surface area contributed by atoms with Gasteiger partial charge < -0.3 is 5.73 Å². The molecule has 0 heterocycles. The number of hydrogen-bond donors (Lipinski definition) is 1. The number of alkyl halides is 2. The topological polar surface area (TPSA) is 26.0 Å². The van der Waals surface area contributed by atoms with Crippen LogP contribution in [0.5, 0.6) is 0 Å². The maximum absolute atomic E-state index is 13.4. The predicted molar refractivity (Wildman–Crippen MR) is 58.0 cm³/mol. The van der Waals surface area contributed by atoms with E-state index < -0.39 is 5.92 Å². The fourth-order valence-electron chi connectivity index (χ4n) is 1.50. The molecule has 0 saturated heterocycles. The Morgan fingerprint density at radius 1 is 1.40 bits per heavy atom. The lowest BCUT2D eigenvalue weighted by atomic mass is 10.0. The highest BCUT2D eigenvalue weighted by Crippen LogP contribution is 2.31. The Bertz CT molecular complexity index is 321. The first-order valence-electron chi connectivity index (χ1n) is 5.18. The highest BCUT2D eigenvalue weighted by Gasteiger charge is 2.28. The van der Waals surface area contributed by atoms with Gasteiger partial charge in [-0.1, -0.05) is 25.1 Å². The van der Waals surface area contributed by atoms with Crippen molar-refractivity contribution in [2.24, 2.45) is 5.73 Å². The van der Waals surface area contributed by atoms with Crippen molar-refractivity contribution in [1.82, 2.24) is 0 Å². The zero-order valence-electron chi connectivity index (χ0n) is 9.13. The van der Waals surface area contributed by atoms with Gasteiger partial charge >= 0.3 is 0 Å². The van der Waals surface area contributed by atoms with E-state index >= 15 is 0 Å². The first-order valence-corrected chi connectivity index (χ1v) is 5.18. The van der Waals surface area contributed by atoms with Crippen LogP contribution < -0.4 is 5.73 Å². The molecule has 0 aliphatic carbocycles. The quantitative estimate of drug-likeness (QED) is 0.817. The van der Waals surface area contributed by atoms with Gasteiger partial charge in [-0.3, -0.25) is 0 Å². The van der Waals surface area contributed by atoms with E-state index in [9.17, 15) is 8.78 Å². The third-order valence-corrected chi connectivity index (χ3v) is 2.35. The van der Waals surface area contributed by atoms with E-state index in [1.807, 2.05) is 13.0 Å². The van der Waals surface area contributed by atoms with Crippen LogP contribution in [0.15, 0.2) is 24.3 Å². The lowest BCUT2D eigenvalue weighted by Gasteiger charge is -2.15. The number of rotatable bonds is 4. The van der Waals surface area contributed by atoms with Crippen molar-refractivity contribution in [1.29, 1.82) is 0 Å². The molecule has 1 unspecified atom stereocenters. The Morgan fingerprint density at radius 3 is 2.60 bits per heavy atom. The summed E-state index contributed by atoms with van der Waals surface area (Å²) in [5, 5.41) is 0. The fraction of sp³-hybridized carbons (Fsp3) is 0.500. The van der Waals surface area contributed by atoms with Crippen molar-refractivity contribution in [3.8, 4) is 0 Å². The standard InChI is InChI=1S/C12H17F2N/c1-3-12(13,14)11-6-4-5-10(8-11)7-9(2)15/h4-6,8-9H,3,7,15H2,1-2H3. The maximum atomic E-state index is 13.4. The second kappa shape index (κ2) is 4.71. The Morgan fingerprint density at radius 2 is 2.07 bits per heavy atom. The molecule has 1 rings (SSSR count). The van der Waals surface area contributed by atoms with Gasteiger partial charge in [0.2, 0.25) is 0 Å². The van der Waals surface area contributed by atoms with Gasteiger partial charge in [0.1, 0.15) is 0 Å². The summed E-state index contributed by atoms with van der Waals surface area (Å²) < 4.78 is 26.7. The summed E-state index contributed by atoms with van der Waals surface area (Å²) in [4.78, 5) is 0. The minimum atomic E-state index is -2.73. The molecule has 0 spiro atoms.